The predicted molar refractivity (Wildman–Crippen MR) is 106 cm³/mol. The standard InChI is InChI=1S/C22H26N2O4/c1-14(2)20(23-21(25)17-8-5-15(3)6-9-17)22(26)24(4)12-16-7-10-18-19(11-16)28-13-27-18/h5-11,14,20H,12-13H2,1-4H3,(H,23,25)/t20-/m0/s1. The molecule has 0 saturated heterocycles. The van der Waals surface area contributed by atoms with Crippen LogP contribution in [0.2, 0.25) is 0 Å². The van der Waals surface area contributed by atoms with Crippen LogP contribution in [0.4, 0.5) is 0 Å². The van der Waals surface area contributed by atoms with Gasteiger partial charge in [-0.2, -0.15) is 0 Å². The molecule has 1 aliphatic rings. The molecule has 6 heteroatoms. The molecular weight excluding hydrogens is 356 g/mol. The third-order valence-electron chi connectivity index (χ3n) is 4.77. The summed E-state index contributed by atoms with van der Waals surface area (Å²) in [6.07, 6.45) is 0. The van der Waals surface area contributed by atoms with Crippen LogP contribution >= 0.6 is 0 Å². The van der Waals surface area contributed by atoms with E-state index in [4.69, 9.17) is 9.47 Å². The summed E-state index contributed by atoms with van der Waals surface area (Å²) in [7, 11) is 1.74. The average Bonchev–Trinajstić information content (AvgIpc) is 3.13. The van der Waals surface area contributed by atoms with Gasteiger partial charge in [-0.1, -0.05) is 37.6 Å². The molecule has 148 valence electrons. The van der Waals surface area contributed by atoms with Crippen molar-refractivity contribution in [3.63, 3.8) is 0 Å². The lowest BCUT2D eigenvalue weighted by molar-refractivity contribution is -0.133. The fourth-order valence-corrected chi connectivity index (χ4v) is 3.07. The molecular formula is C22H26N2O4. The Balaban J connectivity index is 1.67. The number of hydrogen-bond donors (Lipinski definition) is 1. The maximum Gasteiger partial charge on any atom is 0.251 e. The molecule has 0 fully saturated rings. The van der Waals surface area contributed by atoms with Gasteiger partial charge in [0.1, 0.15) is 6.04 Å². The van der Waals surface area contributed by atoms with Crippen molar-refractivity contribution in [1.29, 1.82) is 0 Å². The highest BCUT2D eigenvalue weighted by Crippen LogP contribution is 2.32. The molecule has 0 unspecified atom stereocenters. The van der Waals surface area contributed by atoms with Crippen molar-refractivity contribution in [2.45, 2.75) is 33.4 Å². The van der Waals surface area contributed by atoms with Crippen LogP contribution in [0.5, 0.6) is 11.5 Å². The largest absolute Gasteiger partial charge is 0.454 e. The average molecular weight is 382 g/mol. The van der Waals surface area contributed by atoms with E-state index in [9.17, 15) is 9.59 Å². The number of fused-ring (bicyclic) bond motifs is 1. The van der Waals surface area contributed by atoms with Gasteiger partial charge in [0, 0.05) is 19.2 Å². The number of aryl methyl sites for hydroxylation is 1. The van der Waals surface area contributed by atoms with E-state index in [0.717, 1.165) is 11.1 Å². The number of amides is 2. The van der Waals surface area contributed by atoms with Gasteiger partial charge in [-0.05, 0) is 42.7 Å². The zero-order valence-electron chi connectivity index (χ0n) is 16.7. The van der Waals surface area contributed by atoms with Gasteiger partial charge in [0.25, 0.3) is 5.91 Å². The maximum absolute atomic E-state index is 13.0. The Bertz CT molecular complexity index is 861. The second-order valence-corrected chi connectivity index (χ2v) is 7.44. The van der Waals surface area contributed by atoms with Gasteiger partial charge in [-0.15, -0.1) is 0 Å². The van der Waals surface area contributed by atoms with E-state index >= 15 is 0 Å². The van der Waals surface area contributed by atoms with Crippen LogP contribution in [-0.4, -0.2) is 36.6 Å². The highest BCUT2D eigenvalue weighted by atomic mass is 16.7. The summed E-state index contributed by atoms with van der Waals surface area (Å²) in [6.45, 7) is 6.44. The lowest BCUT2D eigenvalue weighted by Crippen LogP contribution is -2.50. The Morgan fingerprint density at radius 1 is 1.07 bits per heavy atom. The molecule has 1 N–H and O–H groups in total. The van der Waals surface area contributed by atoms with Crippen molar-refractivity contribution in [1.82, 2.24) is 10.2 Å². The first-order chi connectivity index (χ1) is 13.3. The van der Waals surface area contributed by atoms with Gasteiger partial charge in [-0.25, -0.2) is 0 Å². The van der Waals surface area contributed by atoms with E-state index in [0.29, 0.717) is 23.6 Å². The summed E-state index contributed by atoms with van der Waals surface area (Å²) in [5.74, 6) is 0.979. The van der Waals surface area contributed by atoms with E-state index < -0.39 is 6.04 Å². The summed E-state index contributed by atoms with van der Waals surface area (Å²) in [4.78, 5) is 27.2. The summed E-state index contributed by atoms with van der Waals surface area (Å²) < 4.78 is 10.7. The monoisotopic (exact) mass is 382 g/mol. The number of carbonyl (C=O) groups excluding carboxylic acids is 2. The normalized spacial score (nSPS) is 13.3. The minimum Gasteiger partial charge on any atom is -0.454 e. The Labute approximate surface area is 165 Å². The number of likely N-dealkylation sites (N-methyl/N-ethyl adjacent to an activating group) is 1. The number of carbonyl (C=O) groups is 2. The molecule has 0 aliphatic carbocycles. The van der Waals surface area contributed by atoms with Crippen molar-refractivity contribution in [3.8, 4) is 11.5 Å². The molecule has 0 radical (unpaired) electrons. The number of benzene rings is 2. The second-order valence-electron chi connectivity index (χ2n) is 7.44. The summed E-state index contributed by atoms with van der Waals surface area (Å²) in [6, 6.07) is 12.3. The van der Waals surface area contributed by atoms with Crippen molar-refractivity contribution >= 4 is 11.8 Å². The number of ether oxygens (including phenoxy) is 2. The molecule has 1 aliphatic heterocycles. The van der Waals surface area contributed by atoms with Crippen molar-refractivity contribution in [2.75, 3.05) is 13.8 Å². The van der Waals surface area contributed by atoms with E-state index in [1.165, 1.54) is 0 Å². The Kier molecular flexibility index (Phi) is 5.87. The van der Waals surface area contributed by atoms with Gasteiger partial charge in [0.15, 0.2) is 11.5 Å². The molecule has 0 aromatic heterocycles. The van der Waals surface area contributed by atoms with Gasteiger partial charge < -0.3 is 19.7 Å². The molecule has 2 amide bonds. The topological polar surface area (TPSA) is 67.9 Å². The first-order valence-electron chi connectivity index (χ1n) is 9.36. The highest BCUT2D eigenvalue weighted by Gasteiger charge is 2.27. The number of hydrogen-bond acceptors (Lipinski definition) is 4. The highest BCUT2D eigenvalue weighted by molar-refractivity contribution is 5.97. The lowest BCUT2D eigenvalue weighted by atomic mass is 10.0. The van der Waals surface area contributed by atoms with Crippen LogP contribution in [0.15, 0.2) is 42.5 Å². The van der Waals surface area contributed by atoms with E-state index in [1.54, 1.807) is 24.1 Å². The van der Waals surface area contributed by atoms with Crippen LogP contribution in [-0.2, 0) is 11.3 Å². The zero-order valence-corrected chi connectivity index (χ0v) is 16.7. The van der Waals surface area contributed by atoms with E-state index in [-0.39, 0.29) is 24.5 Å². The summed E-state index contributed by atoms with van der Waals surface area (Å²) in [5, 5.41) is 2.89. The SMILES string of the molecule is Cc1ccc(C(=O)N[C@H](C(=O)N(C)Cc2ccc3c(c2)OCO3)C(C)C)cc1. The molecule has 2 aromatic carbocycles. The molecule has 3 rings (SSSR count). The third kappa shape index (κ3) is 4.44. The number of rotatable bonds is 6. The molecule has 1 heterocycles. The Morgan fingerprint density at radius 2 is 1.75 bits per heavy atom. The second kappa shape index (κ2) is 8.33. The van der Waals surface area contributed by atoms with Crippen LogP contribution in [0.25, 0.3) is 0 Å². The van der Waals surface area contributed by atoms with Crippen LogP contribution < -0.4 is 14.8 Å². The Hall–Kier alpha value is -3.02. The minimum absolute atomic E-state index is 0.0406. The smallest absolute Gasteiger partial charge is 0.251 e. The number of nitrogens with zero attached hydrogens (tertiary/aromatic N) is 1. The third-order valence-corrected chi connectivity index (χ3v) is 4.77. The molecule has 2 aromatic rings. The maximum atomic E-state index is 13.0. The number of nitrogens with one attached hydrogen (secondary N) is 1. The first-order valence-corrected chi connectivity index (χ1v) is 9.36. The molecule has 0 saturated carbocycles. The van der Waals surface area contributed by atoms with Crippen LogP contribution in [0, 0.1) is 12.8 Å². The van der Waals surface area contributed by atoms with Crippen molar-refractivity contribution in [3.05, 3.63) is 59.2 Å². The molecule has 6 nitrogen and oxygen atoms in total. The summed E-state index contributed by atoms with van der Waals surface area (Å²) >= 11 is 0. The Morgan fingerprint density at radius 3 is 2.43 bits per heavy atom. The minimum atomic E-state index is -0.604. The van der Waals surface area contributed by atoms with Crippen molar-refractivity contribution in [2.24, 2.45) is 5.92 Å². The predicted octanol–water partition coefficient (Wildman–Crippen LogP) is 3.14. The van der Waals surface area contributed by atoms with Crippen LogP contribution in [0.1, 0.15) is 35.3 Å². The van der Waals surface area contributed by atoms with Crippen LogP contribution in [0.3, 0.4) is 0 Å². The zero-order chi connectivity index (χ0) is 20.3. The van der Waals surface area contributed by atoms with Gasteiger partial charge in [0.05, 0.1) is 0 Å². The van der Waals surface area contributed by atoms with Gasteiger partial charge in [-0.3, -0.25) is 9.59 Å². The lowest BCUT2D eigenvalue weighted by Gasteiger charge is -2.27. The fraction of sp³-hybridized carbons (Fsp3) is 0.364. The van der Waals surface area contributed by atoms with Gasteiger partial charge in [0.2, 0.25) is 12.7 Å². The fourth-order valence-electron chi connectivity index (χ4n) is 3.07. The summed E-state index contributed by atoms with van der Waals surface area (Å²) in [5.41, 5.74) is 2.56. The van der Waals surface area contributed by atoms with Crippen molar-refractivity contribution < 1.29 is 19.1 Å². The van der Waals surface area contributed by atoms with Gasteiger partial charge >= 0.3 is 0 Å². The molecule has 0 bridgehead atoms. The quantitative estimate of drug-likeness (QED) is 0.833. The first kappa shape index (κ1) is 19.7. The van der Waals surface area contributed by atoms with E-state index in [2.05, 4.69) is 5.32 Å². The molecule has 0 spiro atoms. The molecule has 1 atom stereocenters. The van der Waals surface area contributed by atoms with E-state index in [1.807, 2.05) is 51.1 Å². The molecule has 28 heavy (non-hydrogen) atoms.